The van der Waals surface area contributed by atoms with Crippen molar-refractivity contribution in [2.45, 2.75) is 12.8 Å². The van der Waals surface area contributed by atoms with Crippen LogP contribution in [0.15, 0.2) is 18.2 Å². The molecule has 0 aliphatic carbocycles. The van der Waals surface area contributed by atoms with Crippen LogP contribution >= 0.6 is 0 Å². The third-order valence-corrected chi connectivity index (χ3v) is 2.94. The maximum absolute atomic E-state index is 11.0. The Morgan fingerprint density at radius 3 is 2.10 bits per heavy atom. The summed E-state index contributed by atoms with van der Waals surface area (Å²) in [5.41, 5.74) is 0.179. The van der Waals surface area contributed by atoms with Crippen LogP contribution < -0.4 is 9.47 Å². The molecule has 1 aliphatic rings. The zero-order chi connectivity index (χ0) is 14.9. The predicted molar refractivity (Wildman–Crippen MR) is 75.3 cm³/mol. The lowest BCUT2D eigenvalue weighted by atomic mass is 10.2. The van der Waals surface area contributed by atoms with Crippen molar-refractivity contribution in [3.63, 3.8) is 0 Å². The van der Waals surface area contributed by atoms with Crippen molar-refractivity contribution in [2.75, 3.05) is 39.6 Å². The quantitative estimate of drug-likeness (QED) is 0.854. The first-order valence-corrected chi connectivity index (χ1v) is 7.06. The van der Waals surface area contributed by atoms with Crippen molar-refractivity contribution in [2.24, 2.45) is 0 Å². The van der Waals surface area contributed by atoms with Gasteiger partial charge in [0, 0.05) is 26.1 Å². The minimum Gasteiger partial charge on any atom is -0.490 e. The van der Waals surface area contributed by atoms with E-state index in [1.165, 1.54) is 12.1 Å². The molecule has 0 radical (unpaired) electrons. The predicted octanol–water partition coefficient (Wildman–Crippen LogP) is 1.97. The lowest BCUT2D eigenvalue weighted by Crippen LogP contribution is -2.12. The van der Waals surface area contributed by atoms with Gasteiger partial charge >= 0.3 is 5.97 Å². The van der Waals surface area contributed by atoms with E-state index in [2.05, 4.69) is 0 Å². The number of benzene rings is 1. The van der Waals surface area contributed by atoms with Crippen molar-refractivity contribution in [3.8, 4) is 11.5 Å². The van der Waals surface area contributed by atoms with Gasteiger partial charge in [-0.25, -0.2) is 4.79 Å². The molecule has 1 N–H and O–H groups in total. The van der Waals surface area contributed by atoms with Crippen molar-refractivity contribution in [1.29, 1.82) is 0 Å². The number of carboxylic acids is 1. The molecular weight excluding hydrogens is 276 g/mol. The second-order valence-electron chi connectivity index (χ2n) is 4.60. The van der Waals surface area contributed by atoms with Gasteiger partial charge in [0.05, 0.1) is 32.0 Å². The van der Waals surface area contributed by atoms with Crippen LogP contribution in [0, 0.1) is 0 Å². The third kappa shape index (κ3) is 5.24. The minimum absolute atomic E-state index is 0.179. The fourth-order valence-corrected chi connectivity index (χ4v) is 1.88. The minimum atomic E-state index is -0.988. The first-order valence-electron chi connectivity index (χ1n) is 7.06. The number of aromatic carboxylic acids is 1. The van der Waals surface area contributed by atoms with Crippen molar-refractivity contribution < 1.29 is 28.8 Å². The molecule has 0 saturated heterocycles. The summed E-state index contributed by atoms with van der Waals surface area (Å²) in [6.07, 6.45) is 1.47. The first-order chi connectivity index (χ1) is 10.3. The Hall–Kier alpha value is -1.79. The topological polar surface area (TPSA) is 74.2 Å². The third-order valence-electron chi connectivity index (χ3n) is 2.94. The van der Waals surface area contributed by atoms with Gasteiger partial charge in [-0.05, 0) is 18.2 Å². The molecular formula is C15H20O6. The Morgan fingerprint density at radius 1 is 0.857 bits per heavy atom. The molecule has 0 fully saturated rings. The van der Waals surface area contributed by atoms with E-state index < -0.39 is 5.97 Å². The van der Waals surface area contributed by atoms with Gasteiger partial charge in [0.25, 0.3) is 0 Å². The van der Waals surface area contributed by atoms with Crippen LogP contribution in [0.3, 0.4) is 0 Å². The highest BCUT2D eigenvalue weighted by Crippen LogP contribution is 2.29. The average Bonchev–Trinajstić information content (AvgIpc) is 2.48. The van der Waals surface area contributed by atoms with Gasteiger partial charge in [0.2, 0.25) is 0 Å². The highest BCUT2D eigenvalue weighted by Gasteiger charge is 2.11. The molecule has 0 unspecified atom stereocenters. The van der Waals surface area contributed by atoms with Crippen LogP contribution in [0.5, 0.6) is 11.5 Å². The van der Waals surface area contributed by atoms with Crippen molar-refractivity contribution in [3.05, 3.63) is 23.8 Å². The molecule has 1 aromatic rings. The van der Waals surface area contributed by atoms with E-state index >= 15 is 0 Å². The highest BCUT2D eigenvalue weighted by atomic mass is 16.5. The van der Waals surface area contributed by atoms with Gasteiger partial charge < -0.3 is 24.1 Å². The molecule has 6 heteroatoms. The van der Waals surface area contributed by atoms with E-state index in [9.17, 15) is 4.79 Å². The molecule has 0 aromatic heterocycles. The van der Waals surface area contributed by atoms with Crippen LogP contribution in [0.4, 0.5) is 0 Å². The van der Waals surface area contributed by atoms with E-state index in [0.717, 1.165) is 12.8 Å². The molecule has 21 heavy (non-hydrogen) atoms. The summed E-state index contributed by atoms with van der Waals surface area (Å²) in [5, 5.41) is 9.03. The van der Waals surface area contributed by atoms with Crippen LogP contribution in [0.2, 0.25) is 0 Å². The number of hydrogen-bond acceptors (Lipinski definition) is 5. The monoisotopic (exact) mass is 296 g/mol. The Labute approximate surface area is 123 Å². The van der Waals surface area contributed by atoms with Crippen LogP contribution in [0.25, 0.3) is 0 Å². The molecule has 1 heterocycles. The summed E-state index contributed by atoms with van der Waals surface area (Å²) in [6, 6.07) is 4.62. The Kier molecular flexibility index (Phi) is 6.30. The van der Waals surface area contributed by atoms with Gasteiger partial charge in [-0.1, -0.05) is 0 Å². The molecule has 0 spiro atoms. The summed E-state index contributed by atoms with van der Waals surface area (Å²) < 4.78 is 22.1. The molecule has 1 aromatic carbocycles. The van der Waals surface area contributed by atoms with Crippen molar-refractivity contribution in [1.82, 2.24) is 0 Å². The molecule has 116 valence electrons. The SMILES string of the molecule is O=C(O)c1ccc2c(c1)OCCCOCCOCCCO2. The maximum atomic E-state index is 11.0. The van der Waals surface area contributed by atoms with E-state index in [4.69, 9.17) is 24.1 Å². The summed E-state index contributed by atoms with van der Waals surface area (Å²) in [7, 11) is 0. The van der Waals surface area contributed by atoms with Gasteiger partial charge in [-0.15, -0.1) is 0 Å². The van der Waals surface area contributed by atoms with Crippen LogP contribution in [-0.4, -0.2) is 50.7 Å². The van der Waals surface area contributed by atoms with Gasteiger partial charge in [0.1, 0.15) is 0 Å². The lowest BCUT2D eigenvalue weighted by Gasteiger charge is -2.14. The highest BCUT2D eigenvalue weighted by molar-refractivity contribution is 5.88. The number of hydrogen-bond donors (Lipinski definition) is 1. The summed E-state index contributed by atoms with van der Waals surface area (Å²) in [4.78, 5) is 11.0. The van der Waals surface area contributed by atoms with Gasteiger partial charge in [-0.3, -0.25) is 0 Å². The Balaban J connectivity index is 2.05. The molecule has 0 atom stereocenters. The van der Waals surface area contributed by atoms with E-state index in [1.54, 1.807) is 6.07 Å². The van der Waals surface area contributed by atoms with Crippen LogP contribution in [0.1, 0.15) is 23.2 Å². The standard InChI is InChI=1S/C15H20O6/c16-15(17)12-3-4-13-14(11-12)21-8-2-6-19-10-9-18-5-1-7-20-13/h3-4,11H,1-2,5-10H2,(H,16,17). The summed E-state index contributed by atoms with van der Waals surface area (Å²) in [5.74, 6) is 0.0170. The number of carbonyl (C=O) groups is 1. The molecule has 0 amide bonds. The maximum Gasteiger partial charge on any atom is 0.335 e. The second kappa shape index (κ2) is 8.49. The molecule has 6 nitrogen and oxygen atoms in total. The summed E-state index contributed by atoms with van der Waals surface area (Å²) in [6.45, 7) is 3.27. The molecule has 2 rings (SSSR count). The number of fused-ring (bicyclic) bond motifs is 1. The smallest absolute Gasteiger partial charge is 0.335 e. The molecule has 0 saturated carbocycles. The molecule has 1 aliphatic heterocycles. The van der Waals surface area contributed by atoms with E-state index in [0.29, 0.717) is 51.1 Å². The van der Waals surface area contributed by atoms with E-state index in [-0.39, 0.29) is 5.56 Å². The fourth-order valence-electron chi connectivity index (χ4n) is 1.88. The molecule has 0 bridgehead atoms. The fraction of sp³-hybridized carbons (Fsp3) is 0.533. The summed E-state index contributed by atoms with van der Waals surface area (Å²) >= 11 is 0. The van der Waals surface area contributed by atoms with E-state index in [1.807, 2.05) is 0 Å². The zero-order valence-corrected chi connectivity index (χ0v) is 11.9. The number of carboxylic acid groups (broad SMARTS) is 1. The Bertz CT molecular complexity index is 459. The van der Waals surface area contributed by atoms with Gasteiger partial charge in [-0.2, -0.15) is 0 Å². The number of rotatable bonds is 1. The average molecular weight is 296 g/mol. The van der Waals surface area contributed by atoms with Crippen LogP contribution in [-0.2, 0) is 9.47 Å². The van der Waals surface area contributed by atoms with Gasteiger partial charge in [0.15, 0.2) is 11.5 Å². The Morgan fingerprint density at radius 2 is 1.48 bits per heavy atom. The largest absolute Gasteiger partial charge is 0.490 e. The van der Waals surface area contributed by atoms with Crippen molar-refractivity contribution >= 4 is 5.97 Å². The number of ether oxygens (including phenoxy) is 4. The lowest BCUT2D eigenvalue weighted by molar-refractivity contribution is 0.0380. The first kappa shape index (κ1) is 15.6. The second-order valence-corrected chi connectivity index (χ2v) is 4.60. The normalized spacial score (nSPS) is 17.7. The zero-order valence-electron chi connectivity index (χ0n) is 11.9.